The SMILES string of the molecule is COc1ccc(-c2[nH]n(CCO)c3c2cnc2nccc23)cc1. The number of H-pyrrole nitrogens is 1. The minimum absolute atomic E-state index is 0.0558. The van der Waals surface area contributed by atoms with Gasteiger partial charge in [0.25, 0.3) is 0 Å². The Balaban J connectivity index is 1.98. The molecule has 0 atom stereocenters. The second-order valence-electron chi connectivity index (χ2n) is 5.29. The molecule has 0 bridgehead atoms. The van der Waals surface area contributed by atoms with E-state index in [9.17, 15) is 5.11 Å². The smallest absolute Gasteiger partial charge is 0.161 e. The number of nitrogens with zero attached hydrogens (tertiary/aromatic N) is 3. The molecule has 116 valence electrons. The van der Waals surface area contributed by atoms with E-state index in [1.165, 1.54) is 0 Å². The fourth-order valence-electron chi connectivity index (χ4n) is 2.92. The minimum Gasteiger partial charge on any atom is -0.497 e. The normalized spacial score (nSPS) is 11.4. The van der Waals surface area contributed by atoms with Crippen LogP contribution in [0.3, 0.4) is 0 Å². The van der Waals surface area contributed by atoms with E-state index in [-0.39, 0.29) is 6.61 Å². The molecule has 0 unspecified atom stereocenters. The van der Waals surface area contributed by atoms with E-state index in [0.717, 1.165) is 33.3 Å². The molecule has 1 aromatic carbocycles. The monoisotopic (exact) mass is 308 g/mol. The second-order valence-corrected chi connectivity index (χ2v) is 5.29. The quantitative estimate of drug-likeness (QED) is 0.607. The summed E-state index contributed by atoms with van der Waals surface area (Å²) < 4.78 is 7.16. The number of aliphatic hydroxyl groups is 1. The maximum Gasteiger partial charge on any atom is 0.161 e. The van der Waals surface area contributed by atoms with Gasteiger partial charge in [-0.05, 0) is 30.3 Å². The number of fused-ring (bicyclic) bond motifs is 3. The van der Waals surface area contributed by atoms with Crippen LogP contribution in [0.15, 0.2) is 42.7 Å². The van der Waals surface area contributed by atoms with Crippen LogP contribution in [0.2, 0.25) is 0 Å². The predicted octanol–water partition coefficient (Wildman–Crippen LogP) is 2.58. The van der Waals surface area contributed by atoms with E-state index in [0.29, 0.717) is 12.2 Å². The Hall–Kier alpha value is -2.86. The molecule has 0 aliphatic heterocycles. The molecule has 0 aliphatic rings. The average molecular weight is 308 g/mol. The van der Waals surface area contributed by atoms with Gasteiger partial charge in [-0.3, -0.25) is 9.78 Å². The average Bonchev–Trinajstić information content (AvgIpc) is 3.19. The Morgan fingerprint density at radius 1 is 1.13 bits per heavy atom. The van der Waals surface area contributed by atoms with Crippen molar-refractivity contribution >= 4 is 21.9 Å². The molecule has 0 saturated heterocycles. The lowest BCUT2D eigenvalue weighted by Crippen LogP contribution is -2.04. The van der Waals surface area contributed by atoms with Gasteiger partial charge in [-0.15, -0.1) is 0 Å². The van der Waals surface area contributed by atoms with Crippen LogP contribution in [0.25, 0.3) is 33.2 Å². The summed E-state index contributed by atoms with van der Waals surface area (Å²) in [7, 11) is 1.65. The Labute approximate surface area is 132 Å². The molecule has 6 nitrogen and oxygen atoms in total. The fraction of sp³-hybridized carbons (Fsp3) is 0.176. The summed E-state index contributed by atoms with van der Waals surface area (Å²) >= 11 is 0. The van der Waals surface area contributed by atoms with Gasteiger partial charge in [0.1, 0.15) is 5.75 Å². The van der Waals surface area contributed by atoms with Crippen molar-refractivity contribution in [2.75, 3.05) is 13.7 Å². The van der Waals surface area contributed by atoms with Gasteiger partial charge in [-0.2, -0.15) is 0 Å². The van der Waals surface area contributed by atoms with E-state index in [2.05, 4.69) is 15.1 Å². The topological polar surface area (TPSA) is 76.0 Å². The number of aromatic amines is 1. The number of ether oxygens (including phenoxy) is 1. The van der Waals surface area contributed by atoms with Gasteiger partial charge >= 0.3 is 0 Å². The van der Waals surface area contributed by atoms with Gasteiger partial charge in [0.15, 0.2) is 5.65 Å². The van der Waals surface area contributed by atoms with Gasteiger partial charge in [-0.1, -0.05) is 0 Å². The van der Waals surface area contributed by atoms with Crippen LogP contribution in [0, 0.1) is 0 Å². The number of hydrogen-bond acceptors (Lipinski definition) is 4. The summed E-state index contributed by atoms with van der Waals surface area (Å²) in [5.74, 6) is 0.814. The maximum absolute atomic E-state index is 9.36. The van der Waals surface area contributed by atoms with Crippen LogP contribution in [0.4, 0.5) is 0 Å². The predicted molar refractivity (Wildman–Crippen MR) is 88.5 cm³/mol. The first-order valence-corrected chi connectivity index (χ1v) is 7.39. The molecule has 0 fully saturated rings. The van der Waals surface area contributed by atoms with E-state index < -0.39 is 0 Å². The van der Waals surface area contributed by atoms with Crippen molar-refractivity contribution < 1.29 is 9.84 Å². The Bertz CT molecular complexity index is 970. The number of aliphatic hydroxyl groups excluding tert-OH is 1. The molecular weight excluding hydrogens is 292 g/mol. The van der Waals surface area contributed by atoms with Crippen LogP contribution >= 0.6 is 0 Å². The van der Waals surface area contributed by atoms with Crippen molar-refractivity contribution in [3.05, 3.63) is 42.7 Å². The summed E-state index contributed by atoms with van der Waals surface area (Å²) in [6.07, 6.45) is 3.58. The Morgan fingerprint density at radius 3 is 2.70 bits per heavy atom. The minimum atomic E-state index is 0.0558. The first-order valence-electron chi connectivity index (χ1n) is 7.39. The first kappa shape index (κ1) is 13.8. The lowest BCUT2D eigenvalue weighted by atomic mass is 10.1. The van der Waals surface area contributed by atoms with Crippen LogP contribution < -0.4 is 4.74 Å². The second kappa shape index (κ2) is 5.40. The third-order valence-corrected chi connectivity index (χ3v) is 3.99. The summed E-state index contributed by atoms with van der Waals surface area (Å²) in [4.78, 5) is 8.69. The van der Waals surface area contributed by atoms with Gasteiger partial charge in [0.05, 0.1) is 31.5 Å². The van der Waals surface area contributed by atoms with Gasteiger partial charge in [0, 0.05) is 28.7 Å². The highest BCUT2D eigenvalue weighted by molar-refractivity contribution is 6.07. The standard InChI is InChI=1S/C17H16N4O2/c1-23-12-4-2-11(3-5-12)15-14-10-19-17-13(6-7-18-17)16(14)21(20-15)8-9-22/h2-7,10,20,22H,8-9H2,1H3. The summed E-state index contributed by atoms with van der Waals surface area (Å²) in [5.41, 5.74) is 3.72. The molecule has 4 aromatic rings. The third-order valence-electron chi connectivity index (χ3n) is 3.99. The zero-order valence-electron chi connectivity index (χ0n) is 12.7. The molecule has 3 heterocycles. The lowest BCUT2D eigenvalue weighted by Gasteiger charge is -2.03. The molecule has 0 spiro atoms. The van der Waals surface area contributed by atoms with E-state index in [1.54, 1.807) is 13.3 Å². The maximum atomic E-state index is 9.36. The van der Waals surface area contributed by atoms with E-state index in [1.807, 2.05) is 41.2 Å². The third kappa shape index (κ3) is 2.15. The van der Waals surface area contributed by atoms with Crippen LogP contribution in [-0.2, 0) is 6.54 Å². The van der Waals surface area contributed by atoms with Crippen molar-refractivity contribution in [3.63, 3.8) is 0 Å². The molecule has 2 N–H and O–H groups in total. The Morgan fingerprint density at radius 2 is 1.96 bits per heavy atom. The van der Waals surface area contributed by atoms with Gasteiger partial charge < -0.3 is 9.84 Å². The van der Waals surface area contributed by atoms with Crippen molar-refractivity contribution in [2.24, 2.45) is 0 Å². The van der Waals surface area contributed by atoms with Crippen LogP contribution in [0.1, 0.15) is 0 Å². The number of nitrogens with one attached hydrogen (secondary N) is 1. The first-order chi connectivity index (χ1) is 11.3. The lowest BCUT2D eigenvalue weighted by molar-refractivity contribution is 0.272. The number of aromatic nitrogens is 4. The van der Waals surface area contributed by atoms with Crippen molar-refractivity contribution in [1.29, 1.82) is 0 Å². The summed E-state index contributed by atoms with van der Waals surface area (Å²) in [5, 5.41) is 14.7. The van der Waals surface area contributed by atoms with Gasteiger partial charge in [0.2, 0.25) is 0 Å². The van der Waals surface area contributed by atoms with E-state index >= 15 is 0 Å². The van der Waals surface area contributed by atoms with Crippen LogP contribution in [-0.4, -0.2) is 38.6 Å². The van der Waals surface area contributed by atoms with Crippen molar-refractivity contribution in [1.82, 2.24) is 19.7 Å². The molecular formula is C17H16N4O2. The fourth-order valence-corrected chi connectivity index (χ4v) is 2.92. The molecule has 0 radical (unpaired) electrons. The Kier molecular flexibility index (Phi) is 3.24. The number of methoxy groups -OCH3 is 1. The van der Waals surface area contributed by atoms with Crippen molar-refractivity contribution in [2.45, 2.75) is 6.54 Å². The molecule has 6 heteroatoms. The number of hydrogen-bond donors (Lipinski definition) is 2. The largest absolute Gasteiger partial charge is 0.497 e. The highest BCUT2D eigenvalue weighted by Crippen LogP contribution is 2.32. The molecule has 3 aromatic heterocycles. The molecule has 0 saturated carbocycles. The molecule has 4 rings (SSSR count). The number of benzene rings is 1. The molecule has 0 aliphatic carbocycles. The highest BCUT2D eigenvalue weighted by Gasteiger charge is 2.15. The van der Waals surface area contributed by atoms with Gasteiger partial charge in [-0.25, -0.2) is 9.97 Å². The van der Waals surface area contributed by atoms with Crippen LogP contribution in [0.5, 0.6) is 5.75 Å². The zero-order valence-corrected chi connectivity index (χ0v) is 12.7. The summed E-state index contributed by atoms with van der Waals surface area (Å²) in [6, 6.07) is 9.80. The number of pyridine rings is 1. The van der Waals surface area contributed by atoms with Crippen molar-refractivity contribution in [3.8, 4) is 17.0 Å². The summed E-state index contributed by atoms with van der Waals surface area (Å²) in [6.45, 7) is 0.539. The van der Waals surface area contributed by atoms with E-state index in [4.69, 9.17) is 4.74 Å². The number of rotatable bonds is 4. The molecule has 0 amide bonds. The zero-order chi connectivity index (χ0) is 15.8. The highest BCUT2D eigenvalue weighted by atomic mass is 16.5. The molecule has 23 heavy (non-hydrogen) atoms.